The smallest absolute Gasteiger partial charge is 0.204 e. The average molecular weight is 332 g/mol. The van der Waals surface area contributed by atoms with Crippen LogP contribution in [0, 0.1) is 5.92 Å². The molecule has 0 fully saturated rings. The lowest BCUT2D eigenvalue weighted by molar-refractivity contribution is 0.104. The Kier molecular flexibility index (Phi) is 4.73. The molecule has 0 bridgehead atoms. The first kappa shape index (κ1) is 17.1. The van der Waals surface area contributed by atoms with Crippen LogP contribution in [0.4, 0.5) is 0 Å². The summed E-state index contributed by atoms with van der Waals surface area (Å²) in [4.78, 5) is 13.3. The molecule has 2 nitrogen and oxygen atoms in total. The Morgan fingerprint density at radius 2 is 1.77 bits per heavy atom. The quantitative estimate of drug-likeness (QED) is 0.586. The van der Waals surface area contributed by atoms with Gasteiger partial charge in [0.25, 0.3) is 0 Å². The van der Waals surface area contributed by atoms with E-state index in [9.17, 15) is 4.79 Å². The zero-order valence-corrected chi connectivity index (χ0v) is 16.1. The van der Waals surface area contributed by atoms with Crippen LogP contribution in [0.5, 0.6) is 0 Å². The first-order valence-electron chi connectivity index (χ1n) is 7.75. The maximum absolute atomic E-state index is 12.6. The molecule has 118 valence electrons. The van der Waals surface area contributed by atoms with Crippen molar-refractivity contribution in [2.45, 2.75) is 45.8 Å². The second-order valence-corrected chi connectivity index (χ2v) is 13.1. The average Bonchev–Trinajstić information content (AvgIpc) is 2.97. The van der Waals surface area contributed by atoms with Gasteiger partial charge in [-0.1, -0.05) is 71.1 Å². The minimum atomic E-state index is -1.75. The molecule has 0 unspecified atom stereocenters. The molecule has 0 radical (unpaired) electrons. The highest BCUT2D eigenvalue weighted by atomic mass is 32.1. The summed E-state index contributed by atoms with van der Waals surface area (Å²) in [6.45, 7) is 13.9. The van der Waals surface area contributed by atoms with Gasteiger partial charge in [-0.3, -0.25) is 4.79 Å². The summed E-state index contributed by atoms with van der Waals surface area (Å²) in [5.74, 6) is 0.667. The van der Waals surface area contributed by atoms with Crippen LogP contribution in [0.3, 0.4) is 0 Å². The summed E-state index contributed by atoms with van der Waals surface area (Å²) in [6.07, 6.45) is 0. The molecule has 0 aliphatic heterocycles. The molecular weight excluding hydrogens is 306 g/mol. The summed E-state index contributed by atoms with van der Waals surface area (Å²) in [5.41, 5.74) is 0.736. The van der Waals surface area contributed by atoms with Gasteiger partial charge in [0.05, 0.1) is 4.88 Å². The lowest BCUT2D eigenvalue weighted by atomic mass is 9.99. The zero-order valence-electron chi connectivity index (χ0n) is 14.3. The molecule has 0 atom stereocenters. The molecule has 0 saturated heterocycles. The molecule has 0 aliphatic carbocycles. The number of carbonyl (C=O) groups excluding carboxylic acids is 1. The minimum absolute atomic E-state index is 0.0801. The molecule has 2 aromatic rings. The number of hydrogen-bond acceptors (Lipinski definition) is 3. The van der Waals surface area contributed by atoms with Gasteiger partial charge in [-0.25, -0.2) is 4.37 Å². The van der Waals surface area contributed by atoms with E-state index in [1.165, 1.54) is 11.5 Å². The number of rotatable bonds is 5. The van der Waals surface area contributed by atoms with Gasteiger partial charge in [0.15, 0.2) is 0 Å². The fourth-order valence-electron chi connectivity index (χ4n) is 2.46. The van der Waals surface area contributed by atoms with Gasteiger partial charge in [0.2, 0.25) is 5.78 Å². The number of benzene rings is 1. The van der Waals surface area contributed by atoms with Gasteiger partial charge in [-0.05, 0) is 28.6 Å². The monoisotopic (exact) mass is 331 g/mol. The van der Waals surface area contributed by atoms with Crippen LogP contribution in [0.25, 0.3) is 0 Å². The van der Waals surface area contributed by atoms with Crippen molar-refractivity contribution in [3.8, 4) is 0 Å². The predicted octanol–water partition coefficient (Wildman–Crippen LogP) is 4.73. The minimum Gasteiger partial charge on any atom is -0.288 e. The van der Waals surface area contributed by atoms with Gasteiger partial charge in [-0.15, -0.1) is 0 Å². The number of hydrogen-bond donors (Lipinski definition) is 0. The van der Waals surface area contributed by atoms with E-state index in [-0.39, 0.29) is 10.8 Å². The maximum Gasteiger partial charge on any atom is 0.204 e. The summed E-state index contributed by atoms with van der Waals surface area (Å²) in [5, 5.41) is 1.38. The SMILES string of the molecule is CC(C)C(C)(C)[Si](C)(C)c1cc(C(=O)c2ccccc2)sn1. The fourth-order valence-corrected chi connectivity index (χ4v) is 6.84. The molecule has 22 heavy (non-hydrogen) atoms. The topological polar surface area (TPSA) is 30.0 Å². The number of ketones is 1. The Balaban J connectivity index is 2.34. The standard InChI is InChI=1S/C18H25NOSSi/c1-13(2)18(3,4)22(5,6)16-12-15(21-19-16)17(20)14-10-8-7-9-11-14/h7-13H,1-6H3. The Labute approximate surface area is 138 Å². The van der Waals surface area contributed by atoms with Gasteiger partial charge >= 0.3 is 0 Å². The molecule has 0 aliphatic rings. The molecule has 0 N–H and O–H groups in total. The first-order valence-corrected chi connectivity index (χ1v) is 11.5. The Morgan fingerprint density at radius 3 is 2.32 bits per heavy atom. The van der Waals surface area contributed by atoms with Gasteiger partial charge in [0, 0.05) is 10.9 Å². The third-order valence-electron chi connectivity index (χ3n) is 5.46. The molecule has 0 spiro atoms. The second kappa shape index (κ2) is 6.09. The predicted molar refractivity (Wildman–Crippen MR) is 98.0 cm³/mol. The molecule has 1 aromatic heterocycles. The van der Waals surface area contributed by atoms with E-state index in [0.717, 1.165) is 15.8 Å². The van der Waals surface area contributed by atoms with Crippen LogP contribution < -0.4 is 5.32 Å². The Bertz CT molecular complexity index is 659. The Morgan fingerprint density at radius 1 is 1.18 bits per heavy atom. The second-order valence-electron chi connectivity index (χ2n) is 7.27. The van der Waals surface area contributed by atoms with Crippen molar-refractivity contribution in [2.75, 3.05) is 0 Å². The zero-order chi connectivity index (χ0) is 16.5. The molecule has 4 heteroatoms. The maximum atomic E-state index is 12.6. The largest absolute Gasteiger partial charge is 0.288 e. The summed E-state index contributed by atoms with van der Waals surface area (Å²) in [7, 11) is -1.75. The van der Waals surface area contributed by atoms with E-state index < -0.39 is 8.07 Å². The Hall–Kier alpha value is -1.26. The van der Waals surface area contributed by atoms with Crippen molar-refractivity contribution in [3.63, 3.8) is 0 Å². The van der Waals surface area contributed by atoms with Gasteiger partial charge < -0.3 is 0 Å². The number of carbonyl (C=O) groups is 1. The van der Waals surface area contributed by atoms with Crippen LogP contribution in [-0.4, -0.2) is 18.2 Å². The van der Waals surface area contributed by atoms with Crippen LogP contribution >= 0.6 is 11.5 Å². The molecule has 0 saturated carbocycles. The lowest BCUT2D eigenvalue weighted by Gasteiger charge is -2.42. The van der Waals surface area contributed by atoms with Crippen LogP contribution in [0.2, 0.25) is 18.1 Å². The molecule has 1 aromatic carbocycles. The highest BCUT2D eigenvalue weighted by Crippen LogP contribution is 2.43. The van der Waals surface area contributed by atoms with E-state index in [0.29, 0.717) is 5.92 Å². The van der Waals surface area contributed by atoms with Crippen LogP contribution in [0.1, 0.15) is 42.9 Å². The van der Waals surface area contributed by atoms with E-state index >= 15 is 0 Å². The van der Waals surface area contributed by atoms with Crippen molar-refractivity contribution in [1.82, 2.24) is 4.37 Å². The third kappa shape index (κ3) is 2.95. The normalized spacial score (nSPS) is 12.7. The highest BCUT2D eigenvalue weighted by Gasteiger charge is 2.44. The van der Waals surface area contributed by atoms with E-state index in [4.69, 9.17) is 0 Å². The van der Waals surface area contributed by atoms with Crippen LogP contribution in [-0.2, 0) is 0 Å². The van der Waals surface area contributed by atoms with Crippen molar-refractivity contribution in [3.05, 3.63) is 46.8 Å². The molecule has 2 rings (SSSR count). The number of nitrogens with zero attached hydrogens (tertiary/aromatic N) is 1. The summed E-state index contributed by atoms with van der Waals surface area (Å²) >= 11 is 1.34. The van der Waals surface area contributed by atoms with Crippen molar-refractivity contribution < 1.29 is 4.79 Å². The fraction of sp³-hybridized carbons (Fsp3) is 0.444. The van der Waals surface area contributed by atoms with E-state index in [1.807, 2.05) is 36.4 Å². The molecular formula is C18H25NOSSi. The number of aromatic nitrogens is 1. The third-order valence-corrected chi connectivity index (χ3v) is 11.8. The van der Waals surface area contributed by atoms with Gasteiger partial charge in [-0.2, -0.15) is 0 Å². The van der Waals surface area contributed by atoms with Crippen molar-refractivity contribution in [1.29, 1.82) is 0 Å². The lowest BCUT2D eigenvalue weighted by Crippen LogP contribution is -2.53. The van der Waals surface area contributed by atoms with E-state index in [2.05, 4.69) is 45.2 Å². The highest BCUT2D eigenvalue weighted by molar-refractivity contribution is 7.10. The molecule has 0 amide bonds. The molecule has 1 heterocycles. The van der Waals surface area contributed by atoms with E-state index in [1.54, 1.807) is 0 Å². The summed E-state index contributed by atoms with van der Waals surface area (Å²) in [6, 6.07) is 11.5. The first-order chi connectivity index (χ1) is 10.2. The van der Waals surface area contributed by atoms with Gasteiger partial charge in [0.1, 0.15) is 8.07 Å². The summed E-state index contributed by atoms with van der Waals surface area (Å²) < 4.78 is 4.67. The van der Waals surface area contributed by atoms with Crippen LogP contribution in [0.15, 0.2) is 36.4 Å². The van der Waals surface area contributed by atoms with Crippen molar-refractivity contribution in [2.24, 2.45) is 5.92 Å². The van der Waals surface area contributed by atoms with Crippen molar-refractivity contribution >= 4 is 30.7 Å².